The Morgan fingerprint density at radius 2 is 1.75 bits per heavy atom. The third-order valence-corrected chi connectivity index (χ3v) is 7.34. The largest absolute Gasteiger partial charge is 0.478 e. The number of fused-ring (bicyclic) bond motifs is 1. The lowest BCUT2D eigenvalue weighted by atomic mass is 10.0. The van der Waals surface area contributed by atoms with Crippen molar-refractivity contribution in [3.8, 4) is 17.3 Å². The first kappa shape index (κ1) is 28.8. The van der Waals surface area contributed by atoms with E-state index >= 15 is 8.78 Å². The van der Waals surface area contributed by atoms with E-state index < -0.39 is 29.3 Å². The lowest BCUT2D eigenvalue weighted by Crippen LogP contribution is -2.31. The molecule has 2 aromatic heterocycles. The van der Waals surface area contributed by atoms with Gasteiger partial charge in [-0.05, 0) is 60.5 Å². The van der Waals surface area contributed by atoms with Crippen molar-refractivity contribution < 1.29 is 37.3 Å². The van der Waals surface area contributed by atoms with Crippen molar-refractivity contribution in [2.75, 3.05) is 6.61 Å². The number of ether oxygens (including phenoxy) is 2. The quantitative estimate of drug-likeness (QED) is 0.235. The van der Waals surface area contributed by atoms with Gasteiger partial charge in [-0.3, -0.25) is 4.79 Å². The number of rotatable bonds is 10. The summed E-state index contributed by atoms with van der Waals surface area (Å²) in [5, 5.41) is 9.45. The highest BCUT2D eigenvalue weighted by atomic mass is 19.1. The average Bonchev–Trinajstić information content (AvgIpc) is 3.31. The van der Waals surface area contributed by atoms with Gasteiger partial charge in [0.25, 0.3) is 0 Å². The number of halogens is 3. The van der Waals surface area contributed by atoms with Gasteiger partial charge in [0.15, 0.2) is 0 Å². The highest BCUT2D eigenvalue weighted by Gasteiger charge is 2.24. The minimum atomic E-state index is -1.09. The van der Waals surface area contributed by atoms with Gasteiger partial charge in [0, 0.05) is 35.9 Å². The summed E-state index contributed by atoms with van der Waals surface area (Å²) in [6.07, 6.45) is 1.96. The zero-order valence-corrected chi connectivity index (χ0v) is 23.0. The summed E-state index contributed by atoms with van der Waals surface area (Å²) in [4.78, 5) is 35.5. The van der Waals surface area contributed by atoms with Crippen LogP contribution in [0.25, 0.3) is 22.3 Å². The topological polar surface area (TPSA) is 142 Å². The van der Waals surface area contributed by atoms with Crippen molar-refractivity contribution >= 4 is 22.9 Å². The van der Waals surface area contributed by atoms with Gasteiger partial charge < -0.3 is 24.9 Å². The van der Waals surface area contributed by atoms with Gasteiger partial charge in [-0.1, -0.05) is 6.07 Å². The molecule has 5 aromatic rings. The molecule has 3 heterocycles. The smallest absolute Gasteiger partial charge is 0.335 e. The number of carbonyl (C=O) groups is 2. The normalized spacial score (nSPS) is 14.4. The van der Waals surface area contributed by atoms with E-state index in [2.05, 4.69) is 15.0 Å². The number of benzene rings is 3. The van der Waals surface area contributed by atoms with Crippen LogP contribution in [0.15, 0.2) is 60.8 Å². The number of nitrogens with two attached hydrogens (primary N) is 1. The predicted octanol–water partition coefficient (Wildman–Crippen LogP) is 4.67. The fraction of sp³-hybridized carbons (Fsp3) is 0.194. The number of nitrogens with zero attached hydrogens (tertiary/aromatic N) is 4. The van der Waals surface area contributed by atoms with E-state index in [9.17, 15) is 19.1 Å². The number of aromatic carboxylic acids is 1. The van der Waals surface area contributed by atoms with Gasteiger partial charge in [-0.15, -0.1) is 0 Å². The SMILES string of the molecule is NC(=O)c1ccc(COc2nccc(-c3cc(F)c(Cc4nc5ccc(C(=O)O)cc5n4C[C@@H]4CCO4)cc3F)n2)c(F)c1. The maximum absolute atomic E-state index is 15.4. The van der Waals surface area contributed by atoms with Crippen molar-refractivity contribution in [3.05, 3.63) is 106 Å². The standard InChI is InChI=1S/C31H24F3N5O5/c32-22-9-16(29(35)40)1-2-18(22)15-44-31-36-7-5-25(38-31)21-13-23(33)19(10-24(21)34)12-28-37-26-4-3-17(30(41)42)11-27(26)39(28)14-20-6-8-43-20/h1-5,7,9-11,13,20H,6,8,12,14-15H2,(H2,35,40)(H,41,42)/t20-/m0/s1. The molecule has 1 amide bonds. The average molecular weight is 604 g/mol. The molecular formula is C31H24F3N5O5. The molecule has 1 atom stereocenters. The highest BCUT2D eigenvalue weighted by Crippen LogP contribution is 2.29. The number of carboxylic acids is 1. The third-order valence-electron chi connectivity index (χ3n) is 7.34. The Hall–Kier alpha value is -5.30. The molecule has 44 heavy (non-hydrogen) atoms. The molecule has 1 aliphatic heterocycles. The van der Waals surface area contributed by atoms with Crippen LogP contribution in [-0.2, 0) is 24.3 Å². The first-order chi connectivity index (χ1) is 21.2. The van der Waals surface area contributed by atoms with Crippen LogP contribution in [0.2, 0.25) is 0 Å². The van der Waals surface area contributed by atoms with Crippen LogP contribution in [0.1, 0.15) is 44.1 Å². The minimum absolute atomic E-state index is 0.00222. The second-order valence-electron chi connectivity index (χ2n) is 10.2. The van der Waals surface area contributed by atoms with E-state index in [4.69, 9.17) is 15.2 Å². The Kier molecular flexibility index (Phi) is 7.70. The summed E-state index contributed by atoms with van der Waals surface area (Å²) in [6.45, 7) is 0.718. The number of imidazole rings is 1. The molecule has 1 saturated heterocycles. The van der Waals surface area contributed by atoms with E-state index in [1.54, 1.807) is 10.6 Å². The Morgan fingerprint density at radius 1 is 0.977 bits per heavy atom. The van der Waals surface area contributed by atoms with Crippen molar-refractivity contribution in [2.24, 2.45) is 5.73 Å². The van der Waals surface area contributed by atoms with E-state index in [1.807, 2.05) is 0 Å². The highest BCUT2D eigenvalue weighted by molar-refractivity contribution is 5.93. The third kappa shape index (κ3) is 5.81. The lowest BCUT2D eigenvalue weighted by Gasteiger charge is -2.27. The van der Waals surface area contributed by atoms with Gasteiger partial charge in [-0.25, -0.2) is 27.9 Å². The molecule has 13 heteroatoms. The van der Waals surface area contributed by atoms with Crippen LogP contribution < -0.4 is 10.5 Å². The van der Waals surface area contributed by atoms with Crippen LogP contribution in [-0.4, -0.2) is 49.2 Å². The molecule has 3 aromatic carbocycles. The molecule has 0 aliphatic carbocycles. The molecule has 0 radical (unpaired) electrons. The molecule has 6 rings (SSSR count). The maximum atomic E-state index is 15.4. The maximum Gasteiger partial charge on any atom is 0.335 e. The Morgan fingerprint density at radius 3 is 2.45 bits per heavy atom. The van der Waals surface area contributed by atoms with Crippen LogP contribution in [0.3, 0.4) is 0 Å². The molecular weight excluding hydrogens is 579 g/mol. The Balaban J connectivity index is 1.25. The molecule has 0 bridgehead atoms. The fourth-order valence-electron chi connectivity index (χ4n) is 4.89. The van der Waals surface area contributed by atoms with Crippen LogP contribution in [0.4, 0.5) is 13.2 Å². The van der Waals surface area contributed by atoms with E-state index in [1.165, 1.54) is 36.5 Å². The van der Waals surface area contributed by atoms with E-state index in [0.717, 1.165) is 24.6 Å². The Bertz CT molecular complexity index is 1930. The predicted molar refractivity (Wildman–Crippen MR) is 150 cm³/mol. The van der Waals surface area contributed by atoms with Crippen LogP contribution in [0, 0.1) is 17.5 Å². The number of carboxylic acid groups (broad SMARTS) is 1. The summed E-state index contributed by atoms with van der Waals surface area (Å²) in [7, 11) is 0. The molecule has 1 aliphatic rings. The fourth-order valence-corrected chi connectivity index (χ4v) is 4.89. The van der Waals surface area contributed by atoms with Gasteiger partial charge >= 0.3 is 12.0 Å². The number of primary amides is 1. The zero-order chi connectivity index (χ0) is 31.0. The van der Waals surface area contributed by atoms with Crippen LogP contribution in [0.5, 0.6) is 6.01 Å². The van der Waals surface area contributed by atoms with Gasteiger partial charge in [0.2, 0.25) is 5.91 Å². The van der Waals surface area contributed by atoms with Crippen molar-refractivity contribution in [2.45, 2.75) is 32.1 Å². The lowest BCUT2D eigenvalue weighted by molar-refractivity contribution is -0.0589. The number of hydrogen-bond acceptors (Lipinski definition) is 7. The van der Waals surface area contributed by atoms with Gasteiger partial charge in [0.1, 0.15) is 29.9 Å². The van der Waals surface area contributed by atoms with Crippen molar-refractivity contribution in [1.29, 1.82) is 0 Å². The van der Waals surface area contributed by atoms with Crippen molar-refractivity contribution in [3.63, 3.8) is 0 Å². The summed E-state index contributed by atoms with van der Waals surface area (Å²) in [5.41, 5.74) is 6.38. The Labute approximate surface area is 247 Å². The first-order valence-electron chi connectivity index (χ1n) is 13.5. The molecule has 3 N–H and O–H groups in total. The molecule has 10 nitrogen and oxygen atoms in total. The molecule has 224 valence electrons. The summed E-state index contributed by atoms with van der Waals surface area (Å²) in [6, 6.07) is 11.5. The zero-order valence-electron chi connectivity index (χ0n) is 23.0. The van der Waals surface area contributed by atoms with E-state index in [0.29, 0.717) is 30.0 Å². The minimum Gasteiger partial charge on any atom is -0.478 e. The second-order valence-corrected chi connectivity index (χ2v) is 10.2. The molecule has 0 unspecified atom stereocenters. The van der Waals surface area contributed by atoms with E-state index in [-0.39, 0.29) is 58.7 Å². The molecule has 0 saturated carbocycles. The second kappa shape index (κ2) is 11.8. The number of aromatic nitrogens is 4. The number of carbonyl (C=O) groups excluding carboxylic acids is 1. The van der Waals surface area contributed by atoms with Gasteiger partial charge in [-0.2, -0.15) is 4.98 Å². The summed E-state index contributed by atoms with van der Waals surface area (Å²) in [5.74, 6) is -3.60. The summed E-state index contributed by atoms with van der Waals surface area (Å²) < 4.78 is 58.0. The molecule has 0 spiro atoms. The number of amides is 1. The van der Waals surface area contributed by atoms with Crippen LogP contribution >= 0.6 is 0 Å². The number of hydrogen-bond donors (Lipinski definition) is 2. The monoisotopic (exact) mass is 603 g/mol. The first-order valence-corrected chi connectivity index (χ1v) is 13.5. The van der Waals surface area contributed by atoms with Crippen molar-refractivity contribution in [1.82, 2.24) is 19.5 Å². The van der Waals surface area contributed by atoms with Gasteiger partial charge in [0.05, 0.1) is 34.9 Å². The summed E-state index contributed by atoms with van der Waals surface area (Å²) >= 11 is 0. The molecule has 1 fully saturated rings.